The zero-order valence-electron chi connectivity index (χ0n) is 9.45. The third kappa shape index (κ3) is 2.65. The van der Waals surface area contributed by atoms with Crippen LogP contribution in [0.4, 0.5) is 0 Å². The fraction of sp³-hybridized carbons (Fsp3) is 0.308. The predicted octanol–water partition coefficient (Wildman–Crippen LogP) is 1.51. The lowest BCUT2D eigenvalue weighted by atomic mass is 10.1. The summed E-state index contributed by atoms with van der Waals surface area (Å²) in [6.07, 6.45) is 1.10. The average Bonchev–Trinajstić information content (AvgIpc) is 2.36. The second-order valence-corrected chi connectivity index (χ2v) is 3.90. The molecule has 1 aromatic carbocycles. The van der Waals surface area contributed by atoms with Crippen molar-refractivity contribution < 1.29 is 19.4 Å². The first-order valence-corrected chi connectivity index (χ1v) is 5.44. The van der Waals surface area contributed by atoms with Crippen LogP contribution in [-0.2, 0) is 9.47 Å². The van der Waals surface area contributed by atoms with E-state index in [0.717, 1.165) is 0 Å². The number of hydrogen-bond acceptors (Lipinski definition) is 4. The molecule has 0 saturated heterocycles. The Bertz CT molecular complexity index is 413. The van der Waals surface area contributed by atoms with E-state index in [1.165, 1.54) is 12.3 Å². The van der Waals surface area contributed by atoms with Gasteiger partial charge in [-0.05, 0) is 25.1 Å². The summed E-state index contributed by atoms with van der Waals surface area (Å²) in [7, 11) is 0. The number of aliphatic hydroxyl groups excluding tert-OH is 1. The van der Waals surface area contributed by atoms with E-state index in [1.54, 1.807) is 31.2 Å². The molecule has 1 heterocycles. The van der Waals surface area contributed by atoms with Gasteiger partial charge in [-0.1, -0.05) is 18.2 Å². The maximum atomic E-state index is 11.8. The summed E-state index contributed by atoms with van der Waals surface area (Å²) < 4.78 is 10.3. The fourth-order valence-corrected chi connectivity index (χ4v) is 1.58. The van der Waals surface area contributed by atoms with Gasteiger partial charge in [0.05, 0.1) is 11.8 Å². The molecule has 2 rings (SSSR count). The number of carbonyl (C=O) groups excluding carboxylic acids is 1. The maximum Gasteiger partial charge on any atom is 0.338 e. The Morgan fingerprint density at radius 2 is 2.06 bits per heavy atom. The normalized spacial score (nSPS) is 27.3. The molecule has 17 heavy (non-hydrogen) atoms. The monoisotopic (exact) mass is 234 g/mol. The van der Waals surface area contributed by atoms with Crippen molar-refractivity contribution in [3.63, 3.8) is 0 Å². The number of aliphatic hydroxyl groups is 1. The highest BCUT2D eigenvalue weighted by molar-refractivity contribution is 5.89. The molecule has 0 aromatic heterocycles. The molecule has 1 aliphatic heterocycles. The SMILES string of the molecule is C[C@@H]1OC=C[C@H](OC(=O)c2ccccc2)[C@H]1O. The quantitative estimate of drug-likeness (QED) is 0.788. The highest BCUT2D eigenvalue weighted by Gasteiger charge is 2.30. The molecule has 1 N–H and O–H groups in total. The molecule has 1 aliphatic rings. The average molecular weight is 234 g/mol. The topological polar surface area (TPSA) is 55.8 Å². The van der Waals surface area contributed by atoms with Crippen LogP contribution in [0.5, 0.6) is 0 Å². The van der Waals surface area contributed by atoms with E-state index in [9.17, 15) is 9.90 Å². The van der Waals surface area contributed by atoms with Crippen LogP contribution in [0.2, 0.25) is 0 Å². The van der Waals surface area contributed by atoms with Crippen molar-refractivity contribution in [2.75, 3.05) is 0 Å². The molecule has 4 heteroatoms. The minimum Gasteiger partial charge on any atom is -0.496 e. The van der Waals surface area contributed by atoms with Crippen molar-refractivity contribution in [3.05, 3.63) is 48.2 Å². The first kappa shape index (κ1) is 11.7. The van der Waals surface area contributed by atoms with Crippen LogP contribution in [0.3, 0.4) is 0 Å². The van der Waals surface area contributed by atoms with Crippen molar-refractivity contribution in [1.29, 1.82) is 0 Å². The minimum absolute atomic E-state index is 0.381. The molecule has 90 valence electrons. The van der Waals surface area contributed by atoms with Gasteiger partial charge in [0.15, 0.2) is 6.10 Å². The number of carbonyl (C=O) groups is 1. The van der Waals surface area contributed by atoms with Crippen LogP contribution in [0.25, 0.3) is 0 Å². The Balaban J connectivity index is 2.04. The fourth-order valence-electron chi connectivity index (χ4n) is 1.58. The smallest absolute Gasteiger partial charge is 0.338 e. The van der Waals surface area contributed by atoms with E-state index in [0.29, 0.717) is 5.56 Å². The predicted molar refractivity (Wildman–Crippen MR) is 61.3 cm³/mol. The lowest BCUT2D eigenvalue weighted by Gasteiger charge is -2.28. The molecule has 0 radical (unpaired) electrons. The van der Waals surface area contributed by atoms with Crippen molar-refractivity contribution in [2.24, 2.45) is 0 Å². The number of ether oxygens (including phenoxy) is 2. The Hall–Kier alpha value is -1.81. The van der Waals surface area contributed by atoms with Crippen molar-refractivity contribution in [1.82, 2.24) is 0 Å². The standard InChI is InChI=1S/C13H14O4/c1-9-12(14)11(7-8-16-9)17-13(15)10-5-3-2-4-6-10/h2-9,11-12,14H,1H3/t9-,11-,12-/m0/s1. The van der Waals surface area contributed by atoms with Gasteiger partial charge in [-0.15, -0.1) is 0 Å². The number of rotatable bonds is 2. The van der Waals surface area contributed by atoms with Crippen LogP contribution < -0.4 is 0 Å². The Morgan fingerprint density at radius 1 is 1.35 bits per heavy atom. The first-order valence-electron chi connectivity index (χ1n) is 5.44. The van der Waals surface area contributed by atoms with Crippen molar-refractivity contribution in [3.8, 4) is 0 Å². The van der Waals surface area contributed by atoms with Crippen LogP contribution in [0, 0.1) is 0 Å². The van der Waals surface area contributed by atoms with Crippen LogP contribution in [-0.4, -0.2) is 29.4 Å². The van der Waals surface area contributed by atoms with Crippen molar-refractivity contribution in [2.45, 2.75) is 25.2 Å². The van der Waals surface area contributed by atoms with Gasteiger partial charge in [-0.3, -0.25) is 0 Å². The van der Waals surface area contributed by atoms with Gasteiger partial charge in [0, 0.05) is 0 Å². The summed E-state index contributed by atoms with van der Waals surface area (Å²) in [6.45, 7) is 1.72. The number of benzene rings is 1. The molecular formula is C13H14O4. The van der Waals surface area contributed by atoms with Gasteiger partial charge in [0.25, 0.3) is 0 Å². The van der Waals surface area contributed by atoms with E-state index in [2.05, 4.69) is 0 Å². The second-order valence-electron chi connectivity index (χ2n) is 3.90. The summed E-state index contributed by atoms with van der Waals surface area (Å²) in [5, 5.41) is 9.78. The van der Waals surface area contributed by atoms with E-state index >= 15 is 0 Å². The second kappa shape index (κ2) is 5.01. The molecular weight excluding hydrogens is 220 g/mol. The summed E-state index contributed by atoms with van der Waals surface area (Å²) in [5.41, 5.74) is 0.465. The Labute approximate surface area is 99.5 Å². The molecule has 1 aromatic rings. The summed E-state index contributed by atoms with van der Waals surface area (Å²) >= 11 is 0. The van der Waals surface area contributed by atoms with Gasteiger partial charge in [-0.25, -0.2) is 4.79 Å². The van der Waals surface area contributed by atoms with Crippen LogP contribution in [0.1, 0.15) is 17.3 Å². The van der Waals surface area contributed by atoms with Crippen molar-refractivity contribution >= 4 is 5.97 Å². The molecule has 0 unspecified atom stereocenters. The first-order chi connectivity index (χ1) is 8.18. The molecule has 0 aliphatic carbocycles. The van der Waals surface area contributed by atoms with E-state index in [4.69, 9.17) is 9.47 Å². The van der Waals surface area contributed by atoms with Gasteiger partial charge in [-0.2, -0.15) is 0 Å². The lowest BCUT2D eigenvalue weighted by Crippen LogP contribution is -2.40. The highest BCUT2D eigenvalue weighted by Crippen LogP contribution is 2.16. The largest absolute Gasteiger partial charge is 0.496 e. The number of hydrogen-bond donors (Lipinski definition) is 1. The minimum atomic E-state index is -0.840. The zero-order valence-corrected chi connectivity index (χ0v) is 9.45. The van der Waals surface area contributed by atoms with Gasteiger partial charge in [0.1, 0.15) is 12.2 Å². The lowest BCUT2D eigenvalue weighted by molar-refractivity contribution is -0.0648. The Morgan fingerprint density at radius 3 is 2.76 bits per heavy atom. The van der Waals surface area contributed by atoms with Gasteiger partial charge >= 0.3 is 5.97 Å². The maximum absolute atomic E-state index is 11.8. The summed E-state index contributed by atoms with van der Waals surface area (Å²) in [4.78, 5) is 11.8. The van der Waals surface area contributed by atoms with Crippen LogP contribution in [0.15, 0.2) is 42.7 Å². The molecule has 0 bridgehead atoms. The van der Waals surface area contributed by atoms with E-state index in [1.807, 2.05) is 6.07 Å². The zero-order chi connectivity index (χ0) is 12.3. The molecule has 4 nitrogen and oxygen atoms in total. The molecule has 3 atom stereocenters. The third-order valence-electron chi connectivity index (χ3n) is 2.63. The van der Waals surface area contributed by atoms with Crippen LogP contribution >= 0.6 is 0 Å². The third-order valence-corrected chi connectivity index (χ3v) is 2.63. The van der Waals surface area contributed by atoms with E-state index in [-0.39, 0.29) is 6.10 Å². The summed E-state index contributed by atoms with van der Waals surface area (Å²) in [6, 6.07) is 8.68. The van der Waals surface area contributed by atoms with E-state index < -0.39 is 18.2 Å². The van der Waals surface area contributed by atoms with Gasteiger partial charge in [0.2, 0.25) is 0 Å². The molecule has 0 saturated carbocycles. The number of esters is 1. The highest BCUT2D eigenvalue weighted by atomic mass is 16.6. The molecule has 0 amide bonds. The molecule has 0 fully saturated rings. The molecule has 0 spiro atoms. The summed E-state index contributed by atoms with van der Waals surface area (Å²) in [5.74, 6) is -0.451. The Kier molecular flexibility index (Phi) is 3.44. The van der Waals surface area contributed by atoms with Gasteiger partial charge < -0.3 is 14.6 Å².